The van der Waals surface area contributed by atoms with Crippen LogP contribution >= 0.6 is 0 Å². The van der Waals surface area contributed by atoms with Crippen molar-refractivity contribution >= 4 is 5.69 Å². The Morgan fingerprint density at radius 3 is 2.73 bits per heavy atom. The normalized spacial score (nSPS) is 20.9. The number of nitrogens with zero attached hydrogens (tertiary/aromatic N) is 1. The minimum Gasteiger partial charge on any atom is -0.488 e. The van der Waals surface area contributed by atoms with Gasteiger partial charge in [0.15, 0.2) is 0 Å². The van der Waals surface area contributed by atoms with Crippen LogP contribution in [-0.2, 0) is 4.74 Å². The van der Waals surface area contributed by atoms with Crippen LogP contribution in [0.2, 0.25) is 0 Å². The number of nitroso groups, excluding NO2 is 1. The summed E-state index contributed by atoms with van der Waals surface area (Å²) in [5.41, 5.74) is 0.419. The van der Waals surface area contributed by atoms with Gasteiger partial charge in [-0.2, -0.15) is 0 Å². The first-order valence-corrected chi connectivity index (χ1v) is 5.06. The second-order valence-corrected chi connectivity index (χ2v) is 3.54. The molecule has 0 spiro atoms. The van der Waals surface area contributed by atoms with E-state index >= 15 is 0 Å². The van der Waals surface area contributed by atoms with Crippen LogP contribution in [0.5, 0.6) is 5.75 Å². The maximum Gasteiger partial charge on any atom is 0.122 e. The molecule has 15 heavy (non-hydrogen) atoms. The lowest BCUT2D eigenvalue weighted by atomic mass is 10.2. The van der Waals surface area contributed by atoms with Crippen LogP contribution in [0.15, 0.2) is 29.4 Å². The molecular formula is C11H13NO3. The smallest absolute Gasteiger partial charge is 0.122 e. The molecule has 0 amide bonds. The summed E-state index contributed by atoms with van der Waals surface area (Å²) in [5, 5.41) is 2.83. The van der Waals surface area contributed by atoms with E-state index in [1.54, 1.807) is 24.3 Å². The van der Waals surface area contributed by atoms with Crippen molar-refractivity contribution in [3.05, 3.63) is 29.2 Å². The third-order valence-electron chi connectivity index (χ3n) is 2.36. The summed E-state index contributed by atoms with van der Waals surface area (Å²) in [5.74, 6) is 0.762. The summed E-state index contributed by atoms with van der Waals surface area (Å²) in [6, 6.07) is 6.80. The molecule has 1 unspecified atom stereocenters. The van der Waals surface area contributed by atoms with E-state index in [-0.39, 0.29) is 6.10 Å². The maximum atomic E-state index is 10.2. The Kier molecular flexibility index (Phi) is 3.29. The zero-order chi connectivity index (χ0) is 10.5. The van der Waals surface area contributed by atoms with Crippen molar-refractivity contribution < 1.29 is 9.47 Å². The monoisotopic (exact) mass is 207 g/mol. The molecule has 0 radical (unpaired) electrons. The lowest BCUT2D eigenvalue weighted by molar-refractivity contribution is 0.00744. The number of hydrogen-bond donors (Lipinski definition) is 0. The van der Waals surface area contributed by atoms with E-state index in [1.165, 1.54) is 0 Å². The van der Waals surface area contributed by atoms with E-state index in [0.717, 1.165) is 25.2 Å². The average molecular weight is 207 g/mol. The molecule has 1 aliphatic rings. The molecule has 1 heterocycles. The van der Waals surface area contributed by atoms with Gasteiger partial charge >= 0.3 is 0 Å². The van der Waals surface area contributed by atoms with Crippen molar-refractivity contribution in [1.29, 1.82) is 0 Å². The first-order valence-electron chi connectivity index (χ1n) is 5.06. The fraction of sp³-hybridized carbons (Fsp3) is 0.455. The predicted octanol–water partition coefficient (Wildman–Crippen LogP) is 2.64. The van der Waals surface area contributed by atoms with Gasteiger partial charge in [0.1, 0.15) is 17.5 Å². The summed E-state index contributed by atoms with van der Waals surface area (Å²) in [4.78, 5) is 10.2. The van der Waals surface area contributed by atoms with Crippen LogP contribution < -0.4 is 4.74 Å². The predicted molar refractivity (Wildman–Crippen MR) is 56.4 cm³/mol. The van der Waals surface area contributed by atoms with Gasteiger partial charge in [0.05, 0.1) is 6.61 Å². The highest BCUT2D eigenvalue weighted by Crippen LogP contribution is 2.20. The Labute approximate surface area is 88.2 Å². The molecule has 1 saturated heterocycles. The van der Waals surface area contributed by atoms with E-state index in [9.17, 15) is 4.91 Å². The van der Waals surface area contributed by atoms with E-state index in [1.807, 2.05) is 0 Å². The Hall–Kier alpha value is -1.42. The molecule has 1 aliphatic heterocycles. The molecule has 0 saturated carbocycles. The molecule has 1 aromatic carbocycles. The number of rotatable bonds is 3. The molecule has 1 aromatic rings. The first kappa shape index (κ1) is 10.1. The molecule has 0 bridgehead atoms. The van der Waals surface area contributed by atoms with E-state index in [4.69, 9.17) is 9.47 Å². The van der Waals surface area contributed by atoms with Gasteiger partial charge in [-0.15, -0.1) is 4.91 Å². The molecule has 0 aromatic heterocycles. The zero-order valence-corrected chi connectivity index (χ0v) is 8.39. The second-order valence-electron chi connectivity index (χ2n) is 3.54. The van der Waals surface area contributed by atoms with Gasteiger partial charge in [-0.25, -0.2) is 0 Å². The topological polar surface area (TPSA) is 47.9 Å². The Balaban J connectivity index is 1.94. The lowest BCUT2D eigenvalue weighted by Crippen LogP contribution is -2.27. The summed E-state index contributed by atoms with van der Waals surface area (Å²) in [6.07, 6.45) is 2.19. The molecule has 80 valence electrons. The highest BCUT2D eigenvalue weighted by atomic mass is 16.5. The average Bonchev–Trinajstić information content (AvgIpc) is 2.31. The van der Waals surface area contributed by atoms with Crippen LogP contribution in [0.1, 0.15) is 12.8 Å². The van der Waals surface area contributed by atoms with Crippen LogP contribution in [0.3, 0.4) is 0 Å². The SMILES string of the molecule is O=Nc1ccc(OC2CCCOC2)cc1. The zero-order valence-electron chi connectivity index (χ0n) is 8.39. The van der Waals surface area contributed by atoms with Crippen LogP contribution in [-0.4, -0.2) is 19.3 Å². The maximum absolute atomic E-state index is 10.2. The fourth-order valence-electron chi connectivity index (χ4n) is 1.58. The molecule has 1 atom stereocenters. The van der Waals surface area contributed by atoms with Crippen LogP contribution in [0, 0.1) is 4.91 Å². The van der Waals surface area contributed by atoms with Crippen molar-refractivity contribution in [2.24, 2.45) is 5.18 Å². The van der Waals surface area contributed by atoms with Crippen LogP contribution in [0.4, 0.5) is 5.69 Å². The summed E-state index contributed by atoms with van der Waals surface area (Å²) in [6.45, 7) is 1.47. The Bertz CT molecular complexity index is 317. The molecular weight excluding hydrogens is 194 g/mol. The quantitative estimate of drug-likeness (QED) is 0.716. The van der Waals surface area contributed by atoms with Gasteiger partial charge in [-0.3, -0.25) is 0 Å². The summed E-state index contributed by atoms with van der Waals surface area (Å²) in [7, 11) is 0. The van der Waals surface area contributed by atoms with E-state index in [0.29, 0.717) is 12.3 Å². The number of benzene rings is 1. The standard InChI is InChI=1S/C11H13NO3/c13-12-9-3-5-10(6-4-9)15-11-2-1-7-14-8-11/h3-6,11H,1-2,7-8H2. The minimum atomic E-state index is 0.133. The van der Waals surface area contributed by atoms with Gasteiger partial charge in [0, 0.05) is 6.61 Å². The second kappa shape index (κ2) is 4.89. The third kappa shape index (κ3) is 2.76. The van der Waals surface area contributed by atoms with Gasteiger partial charge < -0.3 is 9.47 Å². The molecule has 1 fully saturated rings. The van der Waals surface area contributed by atoms with Crippen molar-refractivity contribution in [3.8, 4) is 5.75 Å². The van der Waals surface area contributed by atoms with Gasteiger partial charge in [-0.1, -0.05) is 0 Å². The molecule has 0 N–H and O–H groups in total. The summed E-state index contributed by atoms with van der Waals surface area (Å²) < 4.78 is 11.0. The van der Waals surface area contributed by atoms with Gasteiger partial charge in [-0.05, 0) is 42.3 Å². The summed E-state index contributed by atoms with van der Waals surface area (Å²) >= 11 is 0. The molecule has 4 heteroatoms. The highest BCUT2D eigenvalue weighted by molar-refractivity contribution is 5.40. The molecule has 0 aliphatic carbocycles. The van der Waals surface area contributed by atoms with Crippen molar-refractivity contribution in [3.63, 3.8) is 0 Å². The number of hydrogen-bond acceptors (Lipinski definition) is 4. The van der Waals surface area contributed by atoms with Gasteiger partial charge in [0.25, 0.3) is 0 Å². The van der Waals surface area contributed by atoms with Crippen LogP contribution in [0.25, 0.3) is 0 Å². The molecule has 2 rings (SSSR count). The highest BCUT2D eigenvalue weighted by Gasteiger charge is 2.14. The molecule has 4 nitrogen and oxygen atoms in total. The van der Waals surface area contributed by atoms with Crippen molar-refractivity contribution in [1.82, 2.24) is 0 Å². The first-order chi connectivity index (χ1) is 7.38. The lowest BCUT2D eigenvalue weighted by Gasteiger charge is -2.23. The number of ether oxygens (including phenoxy) is 2. The van der Waals surface area contributed by atoms with Gasteiger partial charge in [0.2, 0.25) is 0 Å². The Morgan fingerprint density at radius 1 is 1.33 bits per heavy atom. The fourth-order valence-corrected chi connectivity index (χ4v) is 1.58. The largest absolute Gasteiger partial charge is 0.488 e. The third-order valence-corrected chi connectivity index (χ3v) is 2.36. The van der Waals surface area contributed by atoms with E-state index < -0.39 is 0 Å². The van der Waals surface area contributed by atoms with Crippen molar-refractivity contribution in [2.75, 3.05) is 13.2 Å². The Morgan fingerprint density at radius 2 is 2.13 bits per heavy atom. The van der Waals surface area contributed by atoms with E-state index in [2.05, 4.69) is 5.18 Å². The van der Waals surface area contributed by atoms with Crippen molar-refractivity contribution in [2.45, 2.75) is 18.9 Å². The minimum absolute atomic E-state index is 0.133.